The van der Waals surface area contributed by atoms with E-state index in [0.717, 1.165) is 37.5 Å². The molecule has 2 aliphatic rings. The first-order valence-corrected chi connectivity index (χ1v) is 9.89. The smallest absolute Gasteiger partial charge is 0.254 e. The van der Waals surface area contributed by atoms with Crippen LogP contribution in [0.3, 0.4) is 0 Å². The number of amides is 1. The fraction of sp³-hybridized carbons (Fsp3) is 0.524. The van der Waals surface area contributed by atoms with Crippen molar-refractivity contribution < 1.29 is 9.53 Å². The van der Waals surface area contributed by atoms with Gasteiger partial charge in [-0.1, -0.05) is 0 Å². The van der Waals surface area contributed by atoms with Crippen molar-refractivity contribution >= 4 is 5.91 Å². The lowest BCUT2D eigenvalue weighted by Gasteiger charge is -2.25. The molecule has 0 N–H and O–H groups in total. The Kier molecular flexibility index (Phi) is 5.43. The lowest BCUT2D eigenvalue weighted by molar-refractivity contribution is 0.0715. The number of rotatable bonds is 5. The first-order valence-electron chi connectivity index (χ1n) is 9.89. The monoisotopic (exact) mass is 368 g/mol. The highest BCUT2D eigenvalue weighted by molar-refractivity contribution is 5.94. The van der Waals surface area contributed by atoms with Crippen LogP contribution in [0.15, 0.2) is 36.5 Å². The van der Waals surface area contributed by atoms with Gasteiger partial charge >= 0.3 is 0 Å². The normalized spacial score (nSPS) is 20.3. The van der Waals surface area contributed by atoms with E-state index in [4.69, 9.17) is 4.74 Å². The molecule has 2 aromatic rings. The molecule has 1 unspecified atom stereocenters. The zero-order chi connectivity index (χ0) is 18.6. The van der Waals surface area contributed by atoms with Gasteiger partial charge in [-0.05, 0) is 75.1 Å². The maximum atomic E-state index is 13.1. The second-order valence-electron chi connectivity index (χ2n) is 7.62. The minimum absolute atomic E-state index is 0.0819. The zero-order valence-corrected chi connectivity index (χ0v) is 16.0. The molecule has 1 fully saturated rings. The van der Waals surface area contributed by atoms with Crippen molar-refractivity contribution in [2.75, 3.05) is 33.3 Å². The molecule has 1 saturated heterocycles. The molecule has 6 heteroatoms. The van der Waals surface area contributed by atoms with Crippen molar-refractivity contribution in [2.45, 2.75) is 32.4 Å². The summed E-state index contributed by atoms with van der Waals surface area (Å²) in [5.74, 6) is 1.27. The van der Waals surface area contributed by atoms with E-state index in [-0.39, 0.29) is 5.91 Å². The highest BCUT2D eigenvalue weighted by Gasteiger charge is 2.27. The second-order valence-corrected chi connectivity index (χ2v) is 7.62. The van der Waals surface area contributed by atoms with Gasteiger partial charge in [-0.3, -0.25) is 9.48 Å². The summed E-state index contributed by atoms with van der Waals surface area (Å²) in [6.07, 6.45) is 5.58. The molecule has 0 bridgehead atoms. The van der Waals surface area contributed by atoms with Crippen LogP contribution < -0.4 is 4.74 Å². The molecular formula is C21H28N4O2. The number of methoxy groups -OCH3 is 1. The topological polar surface area (TPSA) is 50.6 Å². The lowest BCUT2D eigenvalue weighted by Crippen LogP contribution is -2.35. The summed E-state index contributed by atoms with van der Waals surface area (Å²) >= 11 is 0. The number of ether oxygens (including phenoxy) is 1. The predicted octanol–water partition coefficient (Wildman–Crippen LogP) is 2.65. The summed E-state index contributed by atoms with van der Waals surface area (Å²) in [5, 5.41) is 4.48. The van der Waals surface area contributed by atoms with E-state index in [2.05, 4.69) is 14.7 Å². The summed E-state index contributed by atoms with van der Waals surface area (Å²) in [7, 11) is 1.64. The third-order valence-electron chi connectivity index (χ3n) is 5.74. The van der Waals surface area contributed by atoms with E-state index < -0.39 is 0 Å². The summed E-state index contributed by atoms with van der Waals surface area (Å²) in [4.78, 5) is 17.7. The van der Waals surface area contributed by atoms with Crippen LogP contribution in [-0.2, 0) is 13.1 Å². The van der Waals surface area contributed by atoms with Gasteiger partial charge in [0.25, 0.3) is 5.91 Å². The third kappa shape index (κ3) is 4.16. The standard InChI is InChI=1S/C21H28N4O2/c1-27-20-6-4-18(5-7-20)21(26)24-14-17(9-13-23-11-2-3-12-23)15-25-19(16-24)8-10-22-25/h4-8,10,17H,2-3,9,11-16H2,1H3. The van der Waals surface area contributed by atoms with Crippen LogP contribution in [0.5, 0.6) is 5.75 Å². The van der Waals surface area contributed by atoms with Crippen molar-refractivity contribution in [1.82, 2.24) is 19.6 Å². The Morgan fingerprint density at radius 3 is 2.67 bits per heavy atom. The minimum atomic E-state index is 0.0819. The Labute approximate surface area is 160 Å². The molecule has 1 aromatic carbocycles. The molecule has 0 saturated carbocycles. The Morgan fingerprint density at radius 2 is 1.93 bits per heavy atom. The molecule has 1 aromatic heterocycles. The van der Waals surface area contributed by atoms with E-state index in [1.54, 1.807) is 7.11 Å². The van der Waals surface area contributed by atoms with Crippen molar-refractivity contribution in [2.24, 2.45) is 5.92 Å². The average Bonchev–Trinajstić information content (AvgIpc) is 3.34. The number of likely N-dealkylation sites (tertiary alicyclic amines) is 1. The first kappa shape index (κ1) is 18.0. The molecule has 144 valence electrons. The van der Waals surface area contributed by atoms with Crippen LogP contribution in [-0.4, -0.2) is 58.8 Å². The van der Waals surface area contributed by atoms with Crippen molar-refractivity contribution in [3.63, 3.8) is 0 Å². The number of hydrogen-bond acceptors (Lipinski definition) is 4. The third-order valence-corrected chi connectivity index (χ3v) is 5.74. The molecule has 6 nitrogen and oxygen atoms in total. The Morgan fingerprint density at radius 1 is 1.15 bits per heavy atom. The molecule has 27 heavy (non-hydrogen) atoms. The molecule has 1 amide bonds. The van der Waals surface area contributed by atoms with Gasteiger partial charge in [0.15, 0.2) is 0 Å². The number of carbonyl (C=O) groups is 1. The van der Waals surface area contributed by atoms with Crippen LogP contribution in [0, 0.1) is 5.92 Å². The molecule has 3 heterocycles. The van der Waals surface area contributed by atoms with Crippen molar-refractivity contribution in [3.05, 3.63) is 47.8 Å². The van der Waals surface area contributed by atoms with Gasteiger partial charge in [-0.15, -0.1) is 0 Å². The first-order chi connectivity index (χ1) is 13.2. The van der Waals surface area contributed by atoms with E-state index in [9.17, 15) is 4.79 Å². The number of hydrogen-bond donors (Lipinski definition) is 0. The number of benzene rings is 1. The SMILES string of the molecule is COc1ccc(C(=O)N2Cc3ccnn3CC(CCN3CCCC3)C2)cc1. The zero-order valence-electron chi connectivity index (χ0n) is 16.0. The number of nitrogens with zero attached hydrogens (tertiary/aromatic N) is 4. The van der Waals surface area contributed by atoms with Crippen LogP contribution in [0.25, 0.3) is 0 Å². The maximum Gasteiger partial charge on any atom is 0.254 e. The summed E-state index contributed by atoms with van der Waals surface area (Å²) in [6.45, 7) is 5.84. The van der Waals surface area contributed by atoms with Crippen LogP contribution in [0.4, 0.5) is 0 Å². The highest BCUT2D eigenvalue weighted by atomic mass is 16.5. The fourth-order valence-electron chi connectivity index (χ4n) is 4.16. The Bertz CT molecular complexity index is 765. The summed E-state index contributed by atoms with van der Waals surface area (Å²) in [5.41, 5.74) is 1.82. The lowest BCUT2D eigenvalue weighted by atomic mass is 10.0. The molecule has 4 rings (SSSR count). The minimum Gasteiger partial charge on any atom is -0.497 e. The van der Waals surface area contributed by atoms with Crippen molar-refractivity contribution in [3.8, 4) is 5.75 Å². The van der Waals surface area contributed by atoms with Gasteiger partial charge in [0.05, 0.1) is 19.3 Å². The average molecular weight is 368 g/mol. The Balaban J connectivity index is 1.49. The van der Waals surface area contributed by atoms with Gasteiger partial charge in [-0.2, -0.15) is 5.10 Å². The van der Waals surface area contributed by atoms with E-state index in [1.807, 2.05) is 41.4 Å². The Hall–Kier alpha value is -2.34. The largest absolute Gasteiger partial charge is 0.497 e. The summed E-state index contributed by atoms with van der Waals surface area (Å²) in [6, 6.07) is 9.42. The predicted molar refractivity (Wildman–Crippen MR) is 104 cm³/mol. The number of carbonyl (C=O) groups excluding carboxylic acids is 1. The summed E-state index contributed by atoms with van der Waals surface area (Å²) < 4.78 is 7.29. The van der Waals surface area contributed by atoms with Gasteiger partial charge in [-0.25, -0.2) is 0 Å². The van der Waals surface area contributed by atoms with Crippen molar-refractivity contribution in [1.29, 1.82) is 0 Å². The molecule has 0 aliphatic carbocycles. The molecule has 0 spiro atoms. The van der Waals surface area contributed by atoms with Gasteiger partial charge in [0.2, 0.25) is 0 Å². The molecular weight excluding hydrogens is 340 g/mol. The highest BCUT2D eigenvalue weighted by Crippen LogP contribution is 2.22. The number of aromatic nitrogens is 2. The molecule has 2 aliphatic heterocycles. The second kappa shape index (κ2) is 8.13. The van der Waals surface area contributed by atoms with Gasteiger partial charge < -0.3 is 14.5 Å². The van der Waals surface area contributed by atoms with Crippen LogP contribution in [0.2, 0.25) is 0 Å². The van der Waals surface area contributed by atoms with E-state index >= 15 is 0 Å². The quantitative estimate of drug-likeness (QED) is 0.814. The molecule has 0 radical (unpaired) electrons. The van der Waals surface area contributed by atoms with Crippen LogP contribution >= 0.6 is 0 Å². The fourth-order valence-corrected chi connectivity index (χ4v) is 4.16. The van der Waals surface area contributed by atoms with Crippen LogP contribution in [0.1, 0.15) is 35.3 Å². The van der Waals surface area contributed by atoms with Gasteiger partial charge in [0.1, 0.15) is 5.75 Å². The number of fused-ring (bicyclic) bond motifs is 1. The molecule has 1 atom stereocenters. The van der Waals surface area contributed by atoms with E-state index in [1.165, 1.54) is 25.9 Å². The van der Waals surface area contributed by atoms with E-state index in [0.29, 0.717) is 18.0 Å². The maximum absolute atomic E-state index is 13.1. The van der Waals surface area contributed by atoms with Gasteiger partial charge in [0, 0.05) is 24.8 Å².